The van der Waals surface area contributed by atoms with E-state index in [0.717, 1.165) is 35.4 Å². The van der Waals surface area contributed by atoms with Crippen LogP contribution in [-0.4, -0.2) is 30.8 Å². The topological polar surface area (TPSA) is 57.4 Å². The first-order valence-corrected chi connectivity index (χ1v) is 7.25. The highest BCUT2D eigenvalue weighted by Crippen LogP contribution is 2.28. The Morgan fingerprint density at radius 1 is 1.25 bits per heavy atom. The van der Waals surface area contributed by atoms with Crippen molar-refractivity contribution in [1.82, 2.24) is 4.98 Å². The van der Waals surface area contributed by atoms with E-state index in [4.69, 9.17) is 15.2 Å². The number of rotatable bonds is 7. The first kappa shape index (κ1) is 16.9. The molecule has 4 heteroatoms. The van der Waals surface area contributed by atoms with Gasteiger partial charge < -0.3 is 15.2 Å². The van der Waals surface area contributed by atoms with E-state index in [1.54, 1.807) is 14.2 Å². The molecule has 0 aliphatic heterocycles. The van der Waals surface area contributed by atoms with Gasteiger partial charge in [0.15, 0.2) is 0 Å². The predicted octanol–water partition coefficient (Wildman–Crippen LogP) is 2.78. The second-order valence-electron chi connectivity index (χ2n) is 5.33. The standard InChI is InChI=1S/C16H28N2O2/c1-7-16(8-2,20-6)14(17)9-13-12(4)15(19-5)11(3)10-18-13/h10,14H,7-9,17H2,1-6H3. The number of nitrogens with zero attached hydrogens (tertiary/aromatic N) is 1. The van der Waals surface area contributed by atoms with Crippen LogP contribution < -0.4 is 10.5 Å². The third-order valence-electron chi connectivity index (χ3n) is 4.44. The fraction of sp³-hybridized carbons (Fsp3) is 0.688. The molecular formula is C16H28N2O2. The van der Waals surface area contributed by atoms with Crippen LogP contribution in [0.3, 0.4) is 0 Å². The summed E-state index contributed by atoms with van der Waals surface area (Å²) in [6.45, 7) is 8.26. The van der Waals surface area contributed by atoms with Crippen molar-refractivity contribution < 1.29 is 9.47 Å². The van der Waals surface area contributed by atoms with E-state index in [-0.39, 0.29) is 11.6 Å². The molecule has 0 aromatic carbocycles. The zero-order chi connectivity index (χ0) is 15.3. The maximum atomic E-state index is 6.41. The Bertz CT molecular complexity index is 434. The van der Waals surface area contributed by atoms with Crippen LogP contribution in [0, 0.1) is 13.8 Å². The van der Waals surface area contributed by atoms with Gasteiger partial charge in [0.1, 0.15) is 5.75 Å². The van der Waals surface area contributed by atoms with Crippen LogP contribution in [0.2, 0.25) is 0 Å². The lowest BCUT2D eigenvalue weighted by Gasteiger charge is -2.36. The molecule has 0 saturated carbocycles. The summed E-state index contributed by atoms with van der Waals surface area (Å²) >= 11 is 0. The van der Waals surface area contributed by atoms with Crippen molar-refractivity contribution in [1.29, 1.82) is 0 Å². The zero-order valence-corrected chi connectivity index (χ0v) is 13.6. The minimum atomic E-state index is -0.285. The van der Waals surface area contributed by atoms with E-state index in [1.807, 2.05) is 20.0 Å². The number of nitrogens with two attached hydrogens (primary N) is 1. The largest absolute Gasteiger partial charge is 0.496 e. The van der Waals surface area contributed by atoms with E-state index < -0.39 is 0 Å². The van der Waals surface area contributed by atoms with Gasteiger partial charge in [-0.1, -0.05) is 13.8 Å². The third-order valence-corrected chi connectivity index (χ3v) is 4.44. The molecule has 0 spiro atoms. The molecule has 0 radical (unpaired) electrons. The van der Waals surface area contributed by atoms with Gasteiger partial charge in [0.25, 0.3) is 0 Å². The number of pyridine rings is 1. The van der Waals surface area contributed by atoms with Crippen molar-refractivity contribution >= 4 is 0 Å². The first-order chi connectivity index (χ1) is 9.45. The average molecular weight is 280 g/mol. The van der Waals surface area contributed by atoms with E-state index in [0.29, 0.717) is 6.42 Å². The molecular weight excluding hydrogens is 252 g/mol. The van der Waals surface area contributed by atoms with Crippen molar-refractivity contribution in [3.8, 4) is 5.75 Å². The second kappa shape index (κ2) is 7.04. The van der Waals surface area contributed by atoms with Gasteiger partial charge in [0.05, 0.1) is 12.7 Å². The fourth-order valence-corrected chi connectivity index (χ4v) is 2.89. The zero-order valence-electron chi connectivity index (χ0n) is 13.6. The molecule has 114 valence electrons. The monoisotopic (exact) mass is 280 g/mol. The number of hydrogen-bond acceptors (Lipinski definition) is 4. The summed E-state index contributed by atoms with van der Waals surface area (Å²) in [6, 6.07) is -0.0823. The highest BCUT2D eigenvalue weighted by Gasteiger charge is 2.34. The molecule has 1 heterocycles. The lowest BCUT2D eigenvalue weighted by molar-refractivity contribution is -0.0376. The lowest BCUT2D eigenvalue weighted by Crippen LogP contribution is -2.50. The van der Waals surface area contributed by atoms with Crippen LogP contribution in [-0.2, 0) is 11.2 Å². The highest BCUT2D eigenvalue weighted by atomic mass is 16.5. The summed E-state index contributed by atoms with van der Waals surface area (Å²) in [5, 5.41) is 0. The summed E-state index contributed by atoms with van der Waals surface area (Å²) in [5.41, 5.74) is 9.23. The van der Waals surface area contributed by atoms with Crippen molar-refractivity contribution in [2.24, 2.45) is 5.73 Å². The summed E-state index contributed by atoms with van der Waals surface area (Å²) in [5.74, 6) is 0.901. The van der Waals surface area contributed by atoms with Crippen LogP contribution in [0.25, 0.3) is 0 Å². The Morgan fingerprint density at radius 2 is 1.85 bits per heavy atom. The molecule has 20 heavy (non-hydrogen) atoms. The Hall–Kier alpha value is -1.13. The summed E-state index contributed by atoms with van der Waals surface area (Å²) < 4.78 is 11.2. The Morgan fingerprint density at radius 3 is 2.30 bits per heavy atom. The Balaban J connectivity index is 3.04. The normalized spacial score (nSPS) is 13.3. The van der Waals surface area contributed by atoms with E-state index in [9.17, 15) is 0 Å². The Kier molecular flexibility index (Phi) is 5.96. The molecule has 0 aliphatic carbocycles. The van der Waals surface area contributed by atoms with Crippen LogP contribution >= 0.6 is 0 Å². The third kappa shape index (κ3) is 3.13. The predicted molar refractivity (Wildman–Crippen MR) is 82.3 cm³/mol. The van der Waals surface area contributed by atoms with Crippen LogP contribution in [0.1, 0.15) is 43.5 Å². The molecule has 4 nitrogen and oxygen atoms in total. The van der Waals surface area contributed by atoms with Crippen molar-refractivity contribution in [3.63, 3.8) is 0 Å². The molecule has 0 saturated heterocycles. The van der Waals surface area contributed by atoms with Crippen LogP contribution in [0.15, 0.2) is 6.20 Å². The first-order valence-electron chi connectivity index (χ1n) is 7.25. The molecule has 1 aromatic heterocycles. The number of methoxy groups -OCH3 is 2. The van der Waals surface area contributed by atoms with Crippen molar-refractivity contribution in [3.05, 3.63) is 23.0 Å². The van der Waals surface area contributed by atoms with Gasteiger partial charge in [-0.25, -0.2) is 0 Å². The van der Waals surface area contributed by atoms with Gasteiger partial charge in [0.2, 0.25) is 0 Å². The number of aryl methyl sites for hydroxylation is 1. The lowest BCUT2D eigenvalue weighted by atomic mass is 9.85. The average Bonchev–Trinajstić information content (AvgIpc) is 2.45. The number of hydrogen-bond donors (Lipinski definition) is 1. The molecule has 1 aromatic rings. The molecule has 0 amide bonds. The molecule has 1 unspecified atom stereocenters. The van der Waals surface area contributed by atoms with Gasteiger partial charge >= 0.3 is 0 Å². The van der Waals surface area contributed by atoms with Gasteiger partial charge in [-0.05, 0) is 26.7 Å². The minimum Gasteiger partial charge on any atom is -0.496 e. The second-order valence-corrected chi connectivity index (χ2v) is 5.33. The quantitative estimate of drug-likeness (QED) is 0.834. The molecule has 2 N–H and O–H groups in total. The SMILES string of the molecule is CCC(CC)(OC)C(N)Cc1ncc(C)c(OC)c1C. The molecule has 1 rings (SSSR count). The summed E-state index contributed by atoms with van der Waals surface area (Å²) in [6.07, 6.45) is 4.32. The highest BCUT2D eigenvalue weighted by molar-refractivity contribution is 5.41. The number of aromatic nitrogens is 1. The summed E-state index contributed by atoms with van der Waals surface area (Å²) in [4.78, 5) is 4.53. The van der Waals surface area contributed by atoms with Gasteiger partial charge in [0, 0.05) is 42.6 Å². The van der Waals surface area contributed by atoms with Gasteiger partial charge in [-0.3, -0.25) is 4.98 Å². The maximum Gasteiger partial charge on any atom is 0.128 e. The Labute approximate surface area is 122 Å². The van der Waals surface area contributed by atoms with Crippen molar-refractivity contribution in [2.45, 2.75) is 58.6 Å². The molecule has 0 aliphatic rings. The van der Waals surface area contributed by atoms with Crippen LogP contribution in [0.4, 0.5) is 0 Å². The van der Waals surface area contributed by atoms with E-state index >= 15 is 0 Å². The summed E-state index contributed by atoms with van der Waals surface area (Å²) in [7, 11) is 3.43. The van der Waals surface area contributed by atoms with Crippen molar-refractivity contribution in [2.75, 3.05) is 14.2 Å². The van der Waals surface area contributed by atoms with Crippen LogP contribution in [0.5, 0.6) is 5.75 Å². The minimum absolute atomic E-state index is 0.0823. The smallest absolute Gasteiger partial charge is 0.128 e. The molecule has 0 bridgehead atoms. The fourth-order valence-electron chi connectivity index (χ4n) is 2.89. The maximum absolute atomic E-state index is 6.41. The van der Waals surface area contributed by atoms with Gasteiger partial charge in [-0.15, -0.1) is 0 Å². The van der Waals surface area contributed by atoms with Gasteiger partial charge in [-0.2, -0.15) is 0 Å². The molecule has 0 fully saturated rings. The number of ether oxygens (including phenoxy) is 2. The van der Waals surface area contributed by atoms with E-state index in [2.05, 4.69) is 18.8 Å². The molecule has 1 atom stereocenters. The van der Waals surface area contributed by atoms with E-state index in [1.165, 1.54) is 0 Å².